The lowest BCUT2D eigenvalue weighted by molar-refractivity contribution is -0.0498. The fraction of sp³-hybridized carbons (Fsp3) is 0.588. The smallest absolute Gasteiger partial charge is 0.387 e. The van der Waals surface area contributed by atoms with E-state index in [9.17, 15) is 13.6 Å². The number of nitrogens with two attached hydrogens (primary N) is 1. The number of alkyl halides is 2. The van der Waals surface area contributed by atoms with Crippen molar-refractivity contribution in [3.05, 3.63) is 29.8 Å². The van der Waals surface area contributed by atoms with Gasteiger partial charge in [-0.15, -0.1) is 12.4 Å². The second-order valence-electron chi connectivity index (χ2n) is 6.59. The molecule has 24 heavy (non-hydrogen) atoms. The number of carbonyl (C=O) groups is 1. The molecule has 3 rings (SSSR count). The third kappa shape index (κ3) is 4.36. The average molecular weight is 361 g/mol. The van der Waals surface area contributed by atoms with Gasteiger partial charge in [-0.25, -0.2) is 0 Å². The third-order valence-electron chi connectivity index (χ3n) is 5.00. The Morgan fingerprint density at radius 3 is 2.54 bits per heavy atom. The van der Waals surface area contributed by atoms with Gasteiger partial charge in [0, 0.05) is 17.6 Å². The number of halogens is 3. The fourth-order valence-corrected chi connectivity index (χ4v) is 4.07. The molecule has 134 valence electrons. The molecule has 2 aliphatic carbocycles. The predicted molar refractivity (Wildman–Crippen MR) is 89.6 cm³/mol. The van der Waals surface area contributed by atoms with Crippen molar-refractivity contribution in [2.24, 2.45) is 17.6 Å². The molecule has 2 unspecified atom stereocenters. The summed E-state index contributed by atoms with van der Waals surface area (Å²) in [5.41, 5.74) is 6.44. The lowest BCUT2D eigenvalue weighted by Crippen LogP contribution is -2.53. The average Bonchev–Trinajstić information content (AvgIpc) is 2.47. The first kappa shape index (κ1) is 18.9. The number of ether oxygens (including phenoxy) is 1. The van der Waals surface area contributed by atoms with E-state index >= 15 is 0 Å². The monoisotopic (exact) mass is 360 g/mol. The van der Waals surface area contributed by atoms with Gasteiger partial charge in [0.2, 0.25) is 0 Å². The molecule has 0 heterocycles. The molecule has 2 fully saturated rings. The van der Waals surface area contributed by atoms with E-state index < -0.39 is 6.61 Å². The molecule has 0 aromatic heterocycles. The minimum Gasteiger partial charge on any atom is -0.435 e. The van der Waals surface area contributed by atoms with Crippen molar-refractivity contribution in [2.75, 3.05) is 0 Å². The summed E-state index contributed by atoms with van der Waals surface area (Å²) in [7, 11) is 0. The van der Waals surface area contributed by atoms with Crippen LogP contribution in [0.25, 0.3) is 0 Å². The summed E-state index contributed by atoms with van der Waals surface area (Å²) >= 11 is 0. The highest BCUT2D eigenvalue weighted by molar-refractivity contribution is 5.94. The van der Waals surface area contributed by atoms with E-state index in [1.54, 1.807) is 12.1 Å². The Kier molecular flexibility index (Phi) is 6.40. The number of benzene rings is 1. The molecule has 0 aliphatic heterocycles. The number of hydrogen-bond donors (Lipinski definition) is 2. The van der Waals surface area contributed by atoms with Crippen molar-refractivity contribution in [1.82, 2.24) is 5.32 Å². The van der Waals surface area contributed by atoms with Crippen molar-refractivity contribution in [2.45, 2.75) is 50.8 Å². The molecule has 1 amide bonds. The summed E-state index contributed by atoms with van der Waals surface area (Å²) in [6.45, 7) is -2.90. The molecular weight excluding hydrogens is 338 g/mol. The number of rotatable bonds is 4. The Morgan fingerprint density at radius 1 is 1.25 bits per heavy atom. The quantitative estimate of drug-likeness (QED) is 0.865. The van der Waals surface area contributed by atoms with E-state index in [-0.39, 0.29) is 36.1 Å². The van der Waals surface area contributed by atoms with Crippen LogP contribution in [-0.2, 0) is 0 Å². The van der Waals surface area contributed by atoms with Crippen LogP contribution in [0.5, 0.6) is 5.75 Å². The Morgan fingerprint density at radius 2 is 1.92 bits per heavy atom. The van der Waals surface area contributed by atoms with E-state index in [2.05, 4.69) is 10.1 Å². The zero-order valence-electron chi connectivity index (χ0n) is 13.3. The molecule has 4 nitrogen and oxygen atoms in total. The molecule has 2 atom stereocenters. The van der Waals surface area contributed by atoms with Crippen LogP contribution in [-0.4, -0.2) is 24.6 Å². The molecule has 2 aliphatic rings. The zero-order valence-corrected chi connectivity index (χ0v) is 14.1. The van der Waals surface area contributed by atoms with Crippen LogP contribution < -0.4 is 15.8 Å². The summed E-state index contributed by atoms with van der Waals surface area (Å²) in [6.07, 6.45) is 5.24. The number of hydrogen-bond acceptors (Lipinski definition) is 3. The summed E-state index contributed by atoms with van der Waals surface area (Å²) in [6, 6.07) is 6.28. The SMILES string of the molecule is Cl.NC1CC2CCCC(C1)C2NC(=O)c1cccc(OC(F)F)c1. The van der Waals surface area contributed by atoms with Crippen molar-refractivity contribution in [3.63, 3.8) is 0 Å². The van der Waals surface area contributed by atoms with E-state index in [1.807, 2.05) is 0 Å². The predicted octanol–water partition coefficient (Wildman–Crippen LogP) is 3.35. The Bertz CT molecular complexity index is 559. The van der Waals surface area contributed by atoms with E-state index in [0.717, 1.165) is 25.7 Å². The van der Waals surface area contributed by atoms with E-state index in [0.29, 0.717) is 17.4 Å². The van der Waals surface area contributed by atoms with Crippen molar-refractivity contribution in [1.29, 1.82) is 0 Å². The van der Waals surface area contributed by atoms with Gasteiger partial charge in [0.15, 0.2) is 0 Å². The van der Waals surface area contributed by atoms with Crippen molar-refractivity contribution in [3.8, 4) is 5.75 Å². The summed E-state index contributed by atoms with van der Waals surface area (Å²) in [5.74, 6) is 0.601. The topological polar surface area (TPSA) is 64.3 Å². The largest absolute Gasteiger partial charge is 0.435 e. The highest BCUT2D eigenvalue weighted by atomic mass is 35.5. The van der Waals surface area contributed by atoms with Gasteiger partial charge in [-0.2, -0.15) is 8.78 Å². The zero-order chi connectivity index (χ0) is 16.4. The van der Waals surface area contributed by atoms with Crippen LogP contribution in [0.15, 0.2) is 24.3 Å². The Labute approximate surface area is 146 Å². The van der Waals surface area contributed by atoms with Gasteiger partial charge >= 0.3 is 6.61 Å². The van der Waals surface area contributed by atoms with Crippen LogP contribution in [0.3, 0.4) is 0 Å². The minimum atomic E-state index is -2.90. The van der Waals surface area contributed by atoms with Gasteiger partial charge in [-0.1, -0.05) is 12.5 Å². The Balaban J connectivity index is 0.00000208. The third-order valence-corrected chi connectivity index (χ3v) is 5.00. The van der Waals surface area contributed by atoms with Crippen molar-refractivity contribution >= 4 is 18.3 Å². The summed E-state index contributed by atoms with van der Waals surface area (Å²) < 4.78 is 28.9. The first-order valence-corrected chi connectivity index (χ1v) is 8.14. The van der Waals surface area contributed by atoms with Gasteiger partial charge in [-0.05, 0) is 55.7 Å². The lowest BCUT2D eigenvalue weighted by Gasteiger charge is -2.45. The second-order valence-corrected chi connectivity index (χ2v) is 6.59. The van der Waals surface area contributed by atoms with Gasteiger partial charge in [0.1, 0.15) is 5.75 Å². The Hall–Kier alpha value is -1.40. The van der Waals surface area contributed by atoms with Crippen LogP contribution >= 0.6 is 12.4 Å². The molecule has 0 saturated heterocycles. The second kappa shape index (κ2) is 8.12. The summed E-state index contributed by atoms with van der Waals surface area (Å²) in [4.78, 5) is 12.5. The first-order chi connectivity index (χ1) is 11.0. The maximum Gasteiger partial charge on any atom is 0.387 e. The van der Waals surface area contributed by atoms with Crippen LogP contribution in [0.2, 0.25) is 0 Å². The maximum atomic E-state index is 12.5. The lowest BCUT2D eigenvalue weighted by atomic mass is 9.67. The first-order valence-electron chi connectivity index (χ1n) is 8.14. The molecule has 7 heteroatoms. The number of amides is 1. The van der Waals surface area contributed by atoms with Gasteiger partial charge in [-0.3, -0.25) is 4.79 Å². The van der Waals surface area contributed by atoms with Gasteiger partial charge in [0.05, 0.1) is 0 Å². The molecule has 2 bridgehead atoms. The molecule has 0 spiro atoms. The normalized spacial score (nSPS) is 28.8. The highest BCUT2D eigenvalue weighted by Gasteiger charge is 2.39. The van der Waals surface area contributed by atoms with Crippen molar-refractivity contribution < 1.29 is 18.3 Å². The molecule has 0 radical (unpaired) electrons. The van der Waals surface area contributed by atoms with E-state index in [1.165, 1.54) is 18.6 Å². The van der Waals surface area contributed by atoms with Gasteiger partial charge < -0.3 is 15.8 Å². The standard InChI is InChI=1S/C17H22F2N2O2.ClH/c18-17(19)23-14-6-2-5-12(9-14)16(22)21-15-10-3-1-4-11(15)8-13(20)7-10;/h2,5-6,9-11,13,15,17H,1,3-4,7-8,20H2,(H,21,22);1H. The fourth-order valence-electron chi connectivity index (χ4n) is 4.07. The number of carbonyl (C=O) groups excluding carboxylic acids is 1. The molecule has 3 N–H and O–H groups in total. The molecule has 2 saturated carbocycles. The number of nitrogens with one attached hydrogen (secondary N) is 1. The highest BCUT2D eigenvalue weighted by Crippen LogP contribution is 2.39. The molecule has 1 aromatic carbocycles. The van der Waals surface area contributed by atoms with Crippen LogP contribution in [0.1, 0.15) is 42.5 Å². The van der Waals surface area contributed by atoms with Crippen LogP contribution in [0, 0.1) is 11.8 Å². The van der Waals surface area contributed by atoms with Gasteiger partial charge in [0.25, 0.3) is 5.91 Å². The number of fused-ring (bicyclic) bond motifs is 2. The van der Waals surface area contributed by atoms with Crippen LogP contribution in [0.4, 0.5) is 8.78 Å². The summed E-state index contributed by atoms with van der Waals surface area (Å²) in [5, 5.41) is 3.10. The maximum absolute atomic E-state index is 12.5. The molecule has 1 aromatic rings. The van der Waals surface area contributed by atoms with E-state index in [4.69, 9.17) is 5.73 Å². The molecular formula is C17H23ClF2N2O2. The minimum absolute atomic E-state index is 0.